The molecule has 0 saturated carbocycles. The maximum absolute atomic E-state index is 13.2. The SMILES string of the molecule is CC(C)(C)OC(=O)N1CCN(/C(N)=C/C(/C=C/c2ccc(F)cc2)=C(\N)C(F)(F)F)CC1. The second kappa shape index (κ2) is 9.97. The molecule has 176 valence electrons. The molecule has 0 radical (unpaired) electrons. The van der Waals surface area contributed by atoms with Crippen molar-refractivity contribution in [2.45, 2.75) is 32.5 Å². The molecular formula is C22H28F4N4O2. The number of carbonyl (C=O) groups excluding carboxylic acids is 1. The fraction of sp³-hybridized carbons (Fsp3) is 0.409. The summed E-state index contributed by atoms with van der Waals surface area (Å²) in [4.78, 5) is 15.3. The minimum Gasteiger partial charge on any atom is -0.444 e. The second-order valence-corrected chi connectivity index (χ2v) is 8.28. The van der Waals surface area contributed by atoms with Crippen LogP contribution in [0.2, 0.25) is 0 Å². The molecule has 2 rings (SSSR count). The summed E-state index contributed by atoms with van der Waals surface area (Å²) < 4.78 is 58.1. The zero-order valence-electron chi connectivity index (χ0n) is 18.2. The molecular weight excluding hydrogens is 428 g/mol. The largest absolute Gasteiger partial charge is 0.444 e. The van der Waals surface area contributed by atoms with Gasteiger partial charge in [-0.1, -0.05) is 24.3 Å². The number of alkyl halides is 3. The molecule has 1 heterocycles. The number of hydrogen-bond donors (Lipinski definition) is 2. The Bertz CT molecular complexity index is 892. The van der Waals surface area contributed by atoms with E-state index < -0.39 is 29.4 Å². The Morgan fingerprint density at radius 3 is 2.03 bits per heavy atom. The first kappa shape index (κ1) is 25.1. The molecule has 0 spiro atoms. The summed E-state index contributed by atoms with van der Waals surface area (Å²) in [6, 6.07) is 5.25. The first-order valence-electron chi connectivity index (χ1n) is 9.97. The van der Waals surface area contributed by atoms with Crippen molar-refractivity contribution in [1.29, 1.82) is 0 Å². The first-order chi connectivity index (χ1) is 14.8. The average molecular weight is 456 g/mol. The molecule has 0 aliphatic carbocycles. The molecule has 0 atom stereocenters. The molecule has 4 N–H and O–H groups in total. The smallest absolute Gasteiger partial charge is 0.431 e. The summed E-state index contributed by atoms with van der Waals surface area (Å²) in [6.07, 6.45) is -1.50. The highest BCUT2D eigenvalue weighted by atomic mass is 19.4. The summed E-state index contributed by atoms with van der Waals surface area (Å²) in [7, 11) is 0. The quantitative estimate of drug-likeness (QED) is 0.529. The Morgan fingerprint density at radius 2 is 1.53 bits per heavy atom. The Balaban J connectivity index is 2.17. The van der Waals surface area contributed by atoms with Crippen LogP contribution in [-0.4, -0.2) is 53.8 Å². The Hall–Kier alpha value is -3.17. The van der Waals surface area contributed by atoms with Crippen molar-refractivity contribution in [3.8, 4) is 0 Å². The van der Waals surface area contributed by atoms with Gasteiger partial charge < -0.3 is 26.0 Å². The van der Waals surface area contributed by atoms with E-state index in [1.165, 1.54) is 41.3 Å². The number of rotatable bonds is 4. The van der Waals surface area contributed by atoms with Crippen molar-refractivity contribution >= 4 is 12.2 Å². The van der Waals surface area contributed by atoms with Crippen LogP contribution >= 0.6 is 0 Å². The molecule has 6 nitrogen and oxygen atoms in total. The third kappa shape index (κ3) is 7.51. The lowest BCUT2D eigenvalue weighted by atomic mass is 10.1. The number of allylic oxidation sites excluding steroid dienone is 4. The van der Waals surface area contributed by atoms with Crippen molar-refractivity contribution in [3.05, 3.63) is 64.9 Å². The standard InChI is InChI=1S/C22H28F4N4O2/c1-21(2,3)32-20(31)30-12-10-29(11-13-30)18(27)14-16(19(28)22(24,25)26)7-4-15-5-8-17(23)9-6-15/h4-9,14H,10-13,27-28H2,1-3H3/b7-4+,18-14+,19-16-. The third-order valence-corrected chi connectivity index (χ3v) is 4.54. The lowest BCUT2D eigenvalue weighted by Gasteiger charge is -2.36. The Kier molecular flexibility index (Phi) is 7.82. The number of piperazine rings is 1. The van der Waals surface area contributed by atoms with Gasteiger partial charge in [-0.25, -0.2) is 9.18 Å². The summed E-state index contributed by atoms with van der Waals surface area (Å²) >= 11 is 0. The van der Waals surface area contributed by atoms with Gasteiger partial charge in [0.2, 0.25) is 0 Å². The summed E-state index contributed by atoms with van der Waals surface area (Å²) in [6.45, 7) is 6.55. The molecule has 1 fully saturated rings. The van der Waals surface area contributed by atoms with E-state index in [2.05, 4.69) is 0 Å². The molecule has 0 aromatic heterocycles. The maximum Gasteiger partial charge on any atom is 0.431 e. The van der Waals surface area contributed by atoms with Gasteiger partial charge in [0.15, 0.2) is 0 Å². The molecule has 1 saturated heterocycles. The molecule has 0 unspecified atom stereocenters. The number of nitrogens with two attached hydrogens (primary N) is 2. The number of hydrogen-bond acceptors (Lipinski definition) is 5. The van der Waals surface area contributed by atoms with Crippen molar-refractivity contribution < 1.29 is 27.1 Å². The lowest BCUT2D eigenvalue weighted by Crippen LogP contribution is -2.50. The van der Waals surface area contributed by atoms with Gasteiger partial charge >= 0.3 is 12.3 Å². The van der Waals surface area contributed by atoms with Crippen LogP contribution < -0.4 is 11.5 Å². The number of halogens is 4. The highest BCUT2D eigenvalue weighted by Crippen LogP contribution is 2.26. The predicted molar refractivity (Wildman–Crippen MR) is 114 cm³/mol. The van der Waals surface area contributed by atoms with Gasteiger partial charge in [0, 0.05) is 31.8 Å². The minimum atomic E-state index is -4.76. The fourth-order valence-corrected chi connectivity index (χ4v) is 2.86. The Morgan fingerprint density at radius 1 is 1.00 bits per heavy atom. The third-order valence-electron chi connectivity index (χ3n) is 4.54. The van der Waals surface area contributed by atoms with E-state index in [-0.39, 0.29) is 11.4 Å². The molecule has 1 amide bonds. The molecule has 1 aliphatic heterocycles. The summed E-state index contributed by atoms with van der Waals surface area (Å²) in [5.74, 6) is -0.373. The molecule has 0 bridgehead atoms. The highest BCUT2D eigenvalue weighted by Gasteiger charge is 2.33. The first-order valence-corrected chi connectivity index (χ1v) is 9.97. The van der Waals surface area contributed by atoms with Crippen molar-refractivity contribution in [2.24, 2.45) is 11.5 Å². The number of nitrogens with zero attached hydrogens (tertiary/aromatic N) is 2. The van der Waals surface area contributed by atoms with E-state index in [0.717, 1.165) is 6.08 Å². The van der Waals surface area contributed by atoms with Crippen LogP contribution in [0.1, 0.15) is 26.3 Å². The van der Waals surface area contributed by atoms with Gasteiger partial charge in [0.25, 0.3) is 0 Å². The van der Waals surface area contributed by atoms with Gasteiger partial charge in [-0.3, -0.25) is 0 Å². The van der Waals surface area contributed by atoms with Crippen LogP contribution in [0.3, 0.4) is 0 Å². The molecule has 1 aromatic rings. The van der Waals surface area contributed by atoms with Gasteiger partial charge in [0.1, 0.15) is 17.1 Å². The van der Waals surface area contributed by atoms with Gasteiger partial charge in [-0.15, -0.1) is 0 Å². The summed E-state index contributed by atoms with van der Waals surface area (Å²) in [5, 5.41) is 0. The van der Waals surface area contributed by atoms with E-state index in [0.29, 0.717) is 31.7 Å². The van der Waals surface area contributed by atoms with Crippen molar-refractivity contribution in [3.63, 3.8) is 0 Å². The number of benzene rings is 1. The van der Waals surface area contributed by atoms with Gasteiger partial charge in [-0.05, 0) is 44.5 Å². The minimum absolute atomic E-state index is 0.0831. The van der Waals surface area contributed by atoms with Crippen LogP contribution in [0.25, 0.3) is 6.08 Å². The number of carbonyl (C=O) groups is 1. The van der Waals surface area contributed by atoms with E-state index in [4.69, 9.17) is 16.2 Å². The number of amides is 1. The highest BCUT2D eigenvalue weighted by molar-refractivity contribution is 5.68. The van der Waals surface area contributed by atoms with Gasteiger partial charge in [-0.2, -0.15) is 13.2 Å². The molecule has 10 heteroatoms. The monoisotopic (exact) mass is 456 g/mol. The van der Waals surface area contributed by atoms with E-state index >= 15 is 0 Å². The zero-order chi connectivity index (χ0) is 24.1. The van der Waals surface area contributed by atoms with Crippen LogP contribution in [0.15, 0.2) is 53.5 Å². The van der Waals surface area contributed by atoms with E-state index in [9.17, 15) is 22.4 Å². The van der Waals surface area contributed by atoms with Crippen molar-refractivity contribution in [1.82, 2.24) is 9.80 Å². The average Bonchev–Trinajstić information content (AvgIpc) is 2.69. The summed E-state index contributed by atoms with van der Waals surface area (Å²) in [5.41, 5.74) is 9.64. The zero-order valence-corrected chi connectivity index (χ0v) is 18.2. The lowest BCUT2D eigenvalue weighted by molar-refractivity contribution is -0.0931. The van der Waals surface area contributed by atoms with Crippen LogP contribution in [0.4, 0.5) is 22.4 Å². The Labute approximate surface area is 184 Å². The second-order valence-electron chi connectivity index (χ2n) is 8.28. The number of ether oxygens (including phenoxy) is 1. The van der Waals surface area contributed by atoms with Crippen LogP contribution in [0.5, 0.6) is 0 Å². The maximum atomic E-state index is 13.2. The van der Waals surface area contributed by atoms with Crippen LogP contribution in [-0.2, 0) is 4.74 Å². The van der Waals surface area contributed by atoms with Crippen LogP contribution in [0, 0.1) is 5.82 Å². The van der Waals surface area contributed by atoms with Crippen molar-refractivity contribution in [2.75, 3.05) is 26.2 Å². The molecule has 1 aliphatic rings. The molecule has 32 heavy (non-hydrogen) atoms. The van der Waals surface area contributed by atoms with E-state index in [1.54, 1.807) is 25.7 Å². The predicted octanol–water partition coefficient (Wildman–Crippen LogP) is 3.97. The fourth-order valence-electron chi connectivity index (χ4n) is 2.86. The molecule has 1 aromatic carbocycles. The van der Waals surface area contributed by atoms with E-state index in [1.807, 2.05) is 0 Å². The van der Waals surface area contributed by atoms with Gasteiger partial charge in [0.05, 0.1) is 5.82 Å². The topological polar surface area (TPSA) is 84.8 Å². The normalized spacial score (nSPS) is 16.9.